The normalized spacial score (nSPS) is 14.5. The molecule has 4 rings (SSSR count). The highest BCUT2D eigenvalue weighted by Gasteiger charge is 2.21. The van der Waals surface area contributed by atoms with Crippen LogP contribution in [0.25, 0.3) is 0 Å². The van der Waals surface area contributed by atoms with Gasteiger partial charge in [0.2, 0.25) is 20.0 Å². The summed E-state index contributed by atoms with van der Waals surface area (Å²) in [7, 11) is -8.00. The molecule has 1 aliphatic rings. The summed E-state index contributed by atoms with van der Waals surface area (Å²) in [5.41, 5.74) is 2.73. The molecule has 0 spiro atoms. The molecular formula is C28H35N7O5S2. The highest BCUT2D eigenvalue weighted by Crippen LogP contribution is 2.24. The maximum Gasteiger partial charge on any atom is 0.323 e. The lowest BCUT2D eigenvalue weighted by molar-refractivity contribution is 0.224. The van der Waals surface area contributed by atoms with Gasteiger partial charge in [-0.05, 0) is 72.5 Å². The van der Waals surface area contributed by atoms with E-state index in [9.17, 15) is 21.6 Å². The Bertz CT molecular complexity index is 1680. The number of primary sulfonamides is 2. The predicted octanol–water partition coefficient (Wildman–Crippen LogP) is 2.72. The molecule has 12 nitrogen and oxygen atoms in total. The van der Waals surface area contributed by atoms with Crippen LogP contribution in [0.5, 0.6) is 0 Å². The zero-order valence-electron chi connectivity index (χ0n) is 23.2. The SMILES string of the molecule is CCCN1CCN(Cc2cccc(NC(=O)Nc3ccc(Cc4ccc(S(N)(=O)=O)cc4)c(S(N)(=O)=O)c3)c2)C(=N)C1. The van der Waals surface area contributed by atoms with Gasteiger partial charge in [-0.25, -0.2) is 31.9 Å². The van der Waals surface area contributed by atoms with Gasteiger partial charge in [-0.2, -0.15) is 0 Å². The number of hydrogen-bond donors (Lipinski definition) is 5. The predicted molar refractivity (Wildman–Crippen MR) is 162 cm³/mol. The number of benzene rings is 3. The number of hydrogen-bond acceptors (Lipinski definition) is 7. The maximum absolute atomic E-state index is 12.8. The van der Waals surface area contributed by atoms with Gasteiger partial charge in [0.25, 0.3) is 0 Å². The number of amides is 2. The number of urea groups is 1. The fourth-order valence-corrected chi connectivity index (χ4v) is 6.10. The Kier molecular flexibility index (Phi) is 9.64. The van der Waals surface area contributed by atoms with Crippen molar-refractivity contribution in [1.82, 2.24) is 9.80 Å². The van der Waals surface area contributed by atoms with Crippen molar-refractivity contribution in [3.8, 4) is 0 Å². The van der Waals surface area contributed by atoms with Crippen LogP contribution in [0.15, 0.2) is 76.5 Å². The van der Waals surface area contributed by atoms with Crippen molar-refractivity contribution in [2.45, 2.75) is 36.1 Å². The largest absolute Gasteiger partial charge is 0.354 e. The third kappa shape index (κ3) is 8.36. The van der Waals surface area contributed by atoms with Crippen LogP contribution in [-0.4, -0.2) is 64.7 Å². The number of carbonyl (C=O) groups excluding carboxylic acids is 1. The molecule has 0 radical (unpaired) electrons. The van der Waals surface area contributed by atoms with Crippen molar-refractivity contribution in [1.29, 1.82) is 5.41 Å². The summed E-state index contributed by atoms with van der Waals surface area (Å²) in [4.78, 5) is 16.8. The van der Waals surface area contributed by atoms with E-state index in [0.29, 0.717) is 35.7 Å². The lowest BCUT2D eigenvalue weighted by atomic mass is 10.0. The Balaban J connectivity index is 1.42. The van der Waals surface area contributed by atoms with Crippen molar-refractivity contribution in [2.75, 3.05) is 36.8 Å². The monoisotopic (exact) mass is 613 g/mol. The van der Waals surface area contributed by atoms with Gasteiger partial charge in [-0.3, -0.25) is 10.3 Å². The average molecular weight is 614 g/mol. The molecule has 0 aliphatic carbocycles. The lowest BCUT2D eigenvalue weighted by Gasteiger charge is -2.36. The van der Waals surface area contributed by atoms with Crippen molar-refractivity contribution < 1.29 is 21.6 Å². The highest BCUT2D eigenvalue weighted by atomic mass is 32.2. The highest BCUT2D eigenvalue weighted by molar-refractivity contribution is 7.89. The molecule has 0 unspecified atom stereocenters. The van der Waals surface area contributed by atoms with Gasteiger partial charge >= 0.3 is 6.03 Å². The van der Waals surface area contributed by atoms with E-state index in [2.05, 4.69) is 22.5 Å². The van der Waals surface area contributed by atoms with Crippen LogP contribution in [0.2, 0.25) is 0 Å². The molecule has 0 aromatic heterocycles. The minimum atomic E-state index is -4.15. The van der Waals surface area contributed by atoms with Crippen LogP contribution in [0.3, 0.4) is 0 Å². The van der Waals surface area contributed by atoms with Gasteiger partial charge in [0.15, 0.2) is 0 Å². The first kappa shape index (κ1) is 31.1. The number of rotatable bonds is 10. The van der Waals surface area contributed by atoms with Gasteiger partial charge in [0, 0.05) is 31.0 Å². The van der Waals surface area contributed by atoms with Crippen LogP contribution in [0.4, 0.5) is 16.2 Å². The standard InChI is InChI=1S/C28H35N7O5S2/c1-2-12-34-13-14-35(27(29)19-34)18-21-4-3-5-23(16-21)32-28(36)33-24-9-8-22(26(17-24)42(31,39)40)15-20-6-10-25(11-7-20)41(30,37)38/h3-11,16-17,29H,2,12-15,18-19H2,1H3,(H2,30,37,38)(H2,31,39,40)(H2,32,33,36). The molecule has 1 aliphatic heterocycles. The van der Waals surface area contributed by atoms with Crippen molar-refractivity contribution in [3.05, 3.63) is 83.4 Å². The summed E-state index contributed by atoms with van der Waals surface area (Å²) in [6.45, 7) is 5.95. The van der Waals surface area contributed by atoms with E-state index in [1.807, 2.05) is 23.1 Å². The number of nitrogens with zero attached hydrogens (tertiary/aromatic N) is 2. The Morgan fingerprint density at radius 1 is 0.881 bits per heavy atom. The number of sulfonamides is 2. The molecule has 0 atom stereocenters. The van der Waals surface area contributed by atoms with Crippen molar-refractivity contribution in [3.63, 3.8) is 0 Å². The number of carbonyl (C=O) groups is 1. The van der Waals surface area contributed by atoms with Crippen molar-refractivity contribution in [2.24, 2.45) is 10.3 Å². The van der Waals surface area contributed by atoms with E-state index < -0.39 is 26.1 Å². The summed E-state index contributed by atoms with van der Waals surface area (Å²) in [5.74, 6) is 0.570. The Morgan fingerprint density at radius 3 is 2.19 bits per heavy atom. The minimum Gasteiger partial charge on any atom is -0.354 e. The molecule has 1 fully saturated rings. The average Bonchev–Trinajstić information content (AvgIpc) is 2.91. The molecule has 0 bridgehead atoms. The second kappa shape index (κ2) is 13.0. The number of nitrogens with two attached hydrogens (primary N) is 2. The van der Waals surface area contributed by atoms with Crippen LogP contribution in [-0.2, 0) is 33.0 Å². The van der Waals surface area contributed by atoms with Crippen LogP contribution < -0.4 is 20.9 Å². The quantitative estimate of drug-likeness (QED) is 0.232. The van der Waals surface area contributed by atoms with Gasteiger partial charge in [0.1, 0.15) is 5.84 Å². The molecule has 14 heteroatoms. The summed E-state index contributed by atoms with van der Waals surface area (Å²) in [5, 5.41) is 24.4. The first-order valence-corrected chi connectivity index (χ1v) is 16.4. The summed E-state index contributed by atoms with van der Waals surface area (Å²) >= 11 is 0. The van der Waals surface area contributed by atoms with Crippen molar-refractivity contribution >= 4 is 43.3 Å². The molecule has 42 heavy (non-hydrogen) atoms. The summed E-state index contributed by atoms with van der Waals surface area (Å²) in [6, 6.07) is 16.9. The number of nitrogens with one attached hydrogen (secondary N) is 3. The first-order chi connectivity index (χ1) is 19.8. The fourth-order valence-electron chi connectivity index (χ4n) is 4.79. The van der Waals surface area contributed by atoms with Crippen LogP contribution in [0.1, 0.15) is 30.0 Å². The van der Waals surface area contributed by atoms with E-state index in [4.69, 9.17) is 15.7 Å². The topological polar surface area (TPSA) is 192 Å². The zero-order chi connectivity index (χ0) is 30.5. The Labute approximate surface area is 246 Å². The maximum atomic E-state index is 12.8. The molecule has 0 saturated carbocycles. The van der Waals surface area contributed by atoms with E-state index in [0.717, 1.165) is 31.6 Å². The number of amidine groups is 1. The lowest BCUT2D eigenvalue weighted by Crippen LogP contribution is -2.49. The first-order valence-electron chi connectivity index (χ1n) is 13.3. The molecule has 7 N–H and O–H groups in total. The third-order valence-electron chi connectivity index (χ3n) is 6.82. The fraction of sp³-hybridized carbons (Fsp3) is 0.286. The molecule has 3 aromatic carbocycles. The second-order valence-corrected chi connectivity index (χ2v) is 13.2. The van der Waals surface area contributed by atoms with Gasteiger partial charge in [-0.15, -0.1) is 0 Å². The molecular weight excluding hydrogens is 578 g/mol. The molecule has 2 amide bonds. The van der Waals surface area contributed by atoms with Gasteiger partial charge in [0.05, 0.1) is 16.3 Å². The summed E-state index contributed by atoms with van der Waals surface area (Å²) < 4.78 is 47.7. The number of piperazine rings is 1. The Morgan fingerprint density at radius 2 is 1.57 bits per heavy atom. The second-order valence-electron chi connectivity index (χ2n) is 10.2. The zero-order valence-corrected chi connectivity index (χ0v) is 24.8. The smallest absolute Gasteiger partial charge is 0.323 e. The van der Waals surface area contributed by atoms with Crippen LogP contribution in [0, 0.1) is 5.41 Å². The summed E-state index contributed by atoms with van der Waals surface area (Å²) in [6.07, 6.45) is 1.21. The van der Waals surface area contributed by atoms with E-state index in [1.165, 1.54) is 30.3 Å². The van der Waals surface area contributed by atoms with E-state index in [1.54, 1.807) is 18.2 Å². The van der Waals surface area contributed by atoms with Gasteiger partial charge in [-0.1, -0.05) is 37.3 Å². The Hall–Kier alpha value is -3.82. The van der Waals surface area contributed by atoms with E-state index in [-0.39, 0.29) is 21.9 Å². The molecule has 224 valence electrons. The van der Waals surface area contributed by atoms with E-state index >= 15 is 0 Å². The third-order valence-corrected chi connectivity index (χ3v) is 8.74. The number of anilines is 2. The molecule has 1 saturated heterocycles. The van der Waals surface area contributed by atoms with Crippen LogP contribution >= 0.6 is 0 Å². The van der Waals surface area contributed by atoms with Gasteiger partial charge < -0.3 is 15.5 Å². The molecule has 1 heterocycles. The minimum absolute atomic E-state index is 0.0567. The molecule has 3 aromatic rings.